The first-order valence-corrected chi connectivity index (χ1v) is 10.1. The SMILES string of the molecule is CCc1ccc(C2CNCCN2C(=O)CC2CCOc3ccccc32)cc1. The van der Waals surface area contributed by atoms with Crippen molar-refractivity contribution in [1.29, 1.82) is 0 Å². The fourth-order valence-corrected chi connectivity index (χ4v) is 4.23. The quantitative estimate of drug-likeness (QED) is 0.900. The maximum Gasteiger partial charge on any atom is 0.223 e. The molecule has 4 heteroatoms. The number of carbonyl (C=O) groups is 1. The third-order valence-corrected chi connectivity index (χ3v) is 5.84. The maximum atomic E-state index is 13.2. The number of carbonyl (C=O) groups excluding carboxylic acids is 1. The van der Waals surface area contributed by atoms with Crippen molar-refractivity contribution >= 4 is 5.91 Å². The fourth-order valence-electron chi connectivity index (χ4n) is 4.23. The summed E-state index contributed by atoms with van der Waals surface area (Å²) in [6, 6.07) is 17.0. The summed E-state index contributed by atoms with van der Waals surface area (Å²) in [5.41, 5.74) is 3.73. The third kappa shape index (κ3) is 3.86. The lowest BCUT2D eigenvalue weighted by molar-refractivity contribution is -0.135. The number of hydrogen-bond acceptors (Lipinski definition) is 3. The van der Waals surface area contributed by atoms with E-state index in [2.05, 4.69) is 47.5 Å². The lowest BCUT2D eigenvalue weighted by Gasteiger charge is -2.38. The van der Waals surface area contributed by atoms with E-state index in [4.69, 9.17) is 4.74 Å². The Hall–Kier alpha value is -2.33. The number of ether oxygens (including phenoxy) is 1. The van der Waals surface area contributed by atoms with Crippen LogP contribution in [0.2, 0.25) is 0 Å². The van der Waals surface area contributed by atoms with Crippen LogP contribution >= 0.6 is 0 Å². The van der Waals surface area contributed by atoms with Crippen molar-refractivity contribution in [2.45, 2.75) is 38.1 Å². The van der Waals surface area contributed by atoms with Crippen LogP contribution < -0.4 is 10.1 Å². The van der Waals surface area contributed by atoms with E-state index >= 15 is 0 Å². The van der Waals surface area contributed by atoms with Crippen molar-refractivity contribution in [2.24, 2.45) is 0 Å². The van der Waals surface area contributed by atoms with E-state index in [0.29, 0.717) is 13.0 Å². The van der Waals surface area contributed by atoms with Crippen LogP contribution in [0.25, 0.3) is 0 Å². The van der Waals surface area contributed by atoms with Gasteiger partial charge in [-0.1, -0.05) is 49.4 Å². The van der Waals surface area contributed by atoms with Gasteiger partial charge in [-0.05, 0) is 41.5 Å². The zero-order valence-corrected chi connectivity index (χ0v) is 16.0. The van der Waals surface area contributed by atoms with Gasteiger partial charge in [-0.15, -0.1) is 0 Å². The molecular weight excluding hydrogens is 336 g/mol. The minimum atomic E-state index is 0.118. The molecule has 27 heavy (non-hydrogen) atoms. The summed E-state index contributed by atoms with van der Waals surface area (Å²) in [6.45, 7) is 5.31. The van der Waals surface area contributed by atoms with Gasteiger partial charge < -0.3 is 15.0 Å². The van der Waals surface area contributed by atoms with Crippen LogP contribution in [0.3, 0.4) is 0 Å². The van der Waals surface area contributed by atoms with Crippen molar-refractivity contribution in [2.75, 3.05) is 26.2 Å². The van der Waals surface area contributed by atoms with E-state index < -0.39 is 0 Å². The van der Waals surface area contributed by atoms with E-state index in [-0.39, 0.29) is 17.9 Å². The number of rotatable bonds is 4. The first kappa shape index (κ1) is 18.1. The normalized spacial score (nSPS) is 22.0. The molecule has 1 saturated heterocycles. The molecule has 2 aliphatic heterocycles. The molecule has 1 fully saturated rings. The van der Waals surface area contributed by atoms with Crippen LogP contribution in [0.15, 0.2) is 48.5 Å². The van der Waals surface area contributed by atoms with Crippen molar-refractivity contribution in [3.63, 3.8) is 0 Å². The molecule has 0 spiro atoms. The average molecular weight is 364 g/mol. The summed E-state index contributed by atoms with van der Waals surface area (Å²) in [5.74, 6) is 1.44. The lowest BCUT2D eigenvalue weighted by atomic mass is 9.89. The molecule has 1 N–H and O–H groups in total. The van der Waals surface area contributed by atoms with Gasteiger partial charge in [-0.3, -0.25) is 4.79 Å². The van der Waals surface area contributed by atoms with Crippen LogP contribution in [0.4, 0.5) is 0 Å². The molecule has 142 valence electrons. The minimum absolute atomic E-state index is 0.118. The summed E-state index contributed by atoms with van der Waals surface area (Å²) in [4.78, 5) is 15.3. The molecule has 2 aromatic rings. The number of piperazine rings is 1. The number of benzene rings is 2. The highest BCUT2D eigenvalue weighted by atomic mass is 16.5. The Morgan fingerprint density at radius 2 is 2.00 bits per heavy atom. The lowest BCUT2D eigenvalue weighted by Crippen LogP contribution is -2.49. The van der Waals surface area contributed by atoms with E-state index in [0.717, 1.165) is 38.2 Å². The van der Waals surface area contributed by atoms with Crippen molar-refractivity contribution in [3.05, 3.63) is 65.2 Å². The summed E-state index contributed by atoms with van der Waals surface area (Å²) >= 11 is 0. The Balaban J connectivity index is 1.51. The second kappa shape index (κ2) is 8.13. The number of nitrogens with one attached hydrogen (secondary N) is 1. The molecule has 0 bridgehead atoms. The summed E-state index contributed by atoms with van der Waals surface area (Å²) in [5, 5.41) is 3.45. The van der Waals surface area contributed by atoms with Gasteiger partial charge in [0.2, 0.25) is 5.91 Å². The highest BCUT2D eigenvalue weighted by Gasteiger charge is 2.31. The highest BCUT2D eigenvalue weighted by molar-refractivity contribution is 5.78. The number of hydrogen-bond donors (Lipinski definition) is 1. The van der Waals surface area contributed by atoms with Crippen molar-refractivity contribution in [3.8, 4) is 5.75 Å². The number of nitrogens with zero attached hydrogens (tertiary/aromatic N) is 1. The standard InChI is InChI=1S/C23H28N2O2/c1-2-17-7-9-18(10-8-17)21-16-24-12-13-25(21)23(26)15-19-11-14-27-22-6-4-3-5-20(19)22/h3-10,19,21,24H,2,11-16H2,1H3. The summed E-state index contributed by atoms with van der Waals surface area (Å²) in [6.07, 6.45) is 2.50. The molecule has 0 aliphatic carbocycles. The minimum Gasteiger partial charge on any atom is -0.493 e. The predicted octanol–water partition coefficient (Wildman–Crippen LogP) is 3.68. The van der Waals surface area contributed by atoms with E-state index in [9.17, 15) is 4.79 Å². The van der Waals surface area contributed by atoms with E-state index in [1.54, 1.807) is 0 Å². The molecule has 2 aromatic carbocycles. The average Bonchev–Trinajstić information content (AvgIpc) is 2.74. The molecule has 4 nitrogen and oxygen atoms in total. The number of fused-ring (bicyclic) bond motifs is 1. The van der Waals surface area contributed by atoms with Gasteiger partial charge in [-0.25, -0.2) is 0 Å². The molecule has 2 atom stereocenters. The number of aryl methyl sites for hydroxylation is 1. The molecule has 4 rings (SSSR count). The van der Waals surface area contributed by atoms with Crippen molar-refractivity contribution < 1.29 is 9.53 Å². The Labute approximate surface area is 161 Å². The molecule has 2 aliphatic rings. The van der Waals surface area contributed by atoms with Gasteiger partial charge in [0.05, 0.1) is 12.6 Å². The summed E-state index contributed by atoms with van der Waals surface area (Å²) < 4.78 is 5.76. The third-order valence-electron chi connectivity index (χ3n) is 5.84. The van der Waals surface area contributed by atoms with Crippen LogP contribution in [-0.4, -0.2) is 37.0 Å². The monoisotopic (exact) mass is 364 g/mol. The Bertz CT molecular complexity index is 787. The number of para-hydroxylation sites is 1. The zero-order valence-electron chi connectivity index (χ0n) is 16.0. The molecule has 2 heterocycles. The first-order chi connectivity index (χ1) is 13.3. The molecule has 0 aromatic heterocycles. The highest BCUT2D eigenvalue weighted by Crippen LogP contribution is 2.36. The van der Waals surface area contributed by atoms with Gasteiger partial charge in [0, 0.05) is 26.1 Å². The molecule has 2 unspecified atom stereocenters. The first-order valence-electron chi connectivity index (χ1n) is 10.1. The molecular formula is C23H28N2O2. The fraction of sp³-hybridized carbons (Fsp3) is 0.435. The van der Waals surface area contributed by atoms with Gasteiger partial charge in [-0.2, -0.15) is 0 Å². The summed E-state index contributed by atoms with van der Waals surface area (Å²) in [7, 11) is 0. The number of amides is 1. The Morgan fingerprint density at radius 1 is 1.19 bits per heavy atom. The van der Waals surface area contributed by atoms with Gasteiger partial charge >= 0.3 is 0 Å². The molecule has 0 radical (unpaired) electrons. The Morgan fingerprint density at radius 3 is 2.81 bits per heavy atom. The van der Waals surface area contributed by atoms with E-state index in [1.807, 2.05) is 18.2 Å². The second-order valence-corrected chi connectivity index (χ2v) is 7.48. The van der Waals surface area contributed by atoms with Crippen molar-refractivity contribution in [1.82, 2.24) is 10.2 Å². The van der Waals surface area contributed by atoms with Gasteiger partial charge in [0.25, 0.3) is 0 Å². The molecule has 1 amide bonds. The zero-order chi connectivity index (χ0) is 18.6. The van der Waals surface area contributed by atoms with Crippen LogP contribution in [0.5, 0.6) is 5.75 Å². The van der Waals surface area contributed by atoms with Crippen LogP contribution in [0.1, 0.15) is 48.4 Å². The maximum absolute atomic E-state index is 13.2. The largest absolute Gasteiger partial charge is 0.493 e. The predicted molar refractivity (Wildman–Crippen MR) is 107 cm³/mol. The second-order valence-electron chi connectivity index (χ2n) is 7.48. The topological polar surface area (TPSA) is 41.6 Å². The Kier molecular flexibility index (Phi) is 5.44. The van der Waals surface area contributed by atoms with Crippen LogP contribution in [-0.2, 0) is 11.2 Å². The van der Waals surface area contributed by atoms with Crippen LogP contribution in [0, 0.1) is 0 Å². The smallest absolute Gasteiger partial charge is 0.223 e. The van der Waals surface area contributed by atoms with Gasteiger partial charge in [0.1, 0.15) is 5.75 Å². The van der Waals surface area contributed by atoms with E-state index in [1.165, 1.54) is 16.7 Å². The molecule has 0 saturated carbocycles. The van der Waals surface area contributed by atoms with Gasteiger partial charge in [0.15, 0.2) is 0 Å².